The van der Waals surface area contributed by atoms with E-state index in [-0.39, 0.29) is 5.78 Å². The van der Waals surface area contributed by atoms with Crippen LogP contribution in [0.5, 0.6) is 0 Å². The Labute approximate surface area is 358 Å². The fraction of sp³-hybridized carbons (Fsp3) is 0.105. The molecule has 1 aliphatic carbocycles. The Morgan fingerprint density at radius 2 is 0.783 bits per heavy atom. The van der Waals surface area contributed by atoms with Crippen LogP contribution in [0.15, 0.2) is 248 Å². The summed E-state index contributed by atoms with van der Waals surface area (Å²) in [7, 11) is -4.40. The molecule has 1 nitrogen and oxygen atoms in total. The molecular weight excluding hydrogens is 763 g/mol. The Morgan fingerprint density at radius 3 is 1.15 bits per heavy atom. The van der Waals surface area contributed by atoms with Crippen LogP contribution in [0.1, 0.15) is 30.4 Å². The van der Waals surface area contributed by atoms with Gasteiger partial charge in [-0.2, -0.15) is 0 Å². The van der Waals surface area contributed by atoms with E-state index in [2.05, 4.69) is 249 Å². The minimum absolute atomic E-state index is 0.241. The molecule has 0 aliphatic heterocycles. The van der Waals surface area contributed by atoms with Crippen LogP contribution in [0.25, 0.3) is 12.2 Å². The number of hydrogen-bond donors (Lipinski definition) is 0. The van der Waals surface area contributed by atoms with Crippen molar-refractivity contribution in [1.29, 1.82) is 0 Å². The van der Waals surface area contributed by atoms with Gasteiger partial charge in [0.2, 0.25) is 0 Å². The largest absolute Gasteiger partial charge is 0.299 e. The van der Waals surface area contributed by atoms with Gasteiger partial charge in [0.25, 0.3) is 0 Å². The molecule has 0 radical (unpaired) electrons. The van der Waals surface area contributed by atoms with E-state index in [1.807, 2.05) is 0 Å². The Balaban J connectivity index is 1.23. The molecule has 0 N–H and O–H groups in total. The minimum atomic E-state index is -2.27. The summed E-state index contributed by atoms with van der Waals surface area (Å²) in [6.07, 6.45) is 17.0. The second-order valence-corrected chi connectivity index (χ2v) is 22.8. The molecule has 0 heterocycles. The molecular formula is C57H52OP2+2. The van der Waals surface area contributed by atoms with Crippen molar-refractivity contribution in [3.05, 3.63) is 259 Å². The summed E-state index contributed by atoms with van der Waals surface area (Å²) in [6, 6.07) is 76.5. The van der Waals surface area contributed by atoms with E-state index in [9.17, 15) is 0 Å². The highest BCUT2D eigenvalue weighted by Gasteiger charge is 2.50. The second-order valence-electron chi connectivity index (χ2n) is 15.6. The fourth-order valence-electron chi connectivity index (χ4n) is 8.95. The van der Waals surface area contributed by atoms with E-state index < -0.39 is 14.5 Å². The highest BCUT2D eigenvalue weighted by molar-refractivity contribution is 7.95. The first-order valence-corrected chi connectivity index (χ1v) is 25.0. The van der Waals surface area contributed by atoms with Gasteiger partial charge in [-0.3, -0.25) is 4.79 Å². The van der Waals surface area contributed by atoms with Crippen molar-refractivity contribution in [2.45, 2.75) is 24.9 Å². The summed E-state index contributed by atoms with van der Waals surface area (Å²) in [5.74, 6) is 0.241. The van der Waals surface area contributed by atoms with E-state index in [1.54, 1.807) is 0 Å². The van der Waals surface area contributed by atoms with Crippen molar-refractivity contribution < 1.29 is 4.79 Å². The quantitative estimate of drug-likeness (QED) is 0.0888. The third-order valence-corrected chi connectivity index (χ3v) is 20.9. The van der Waals surface area contributed by atoms with Crippen LogP contribution in [0.4, 0.5) is 0 Å². The smallest absolute Gasteiger partial charge is 0.141 e. The van der Waals surface area contributed by atoms with Gasteiger partial charge in [0, 0.05) is 19.3 Å². The summed E-state index contributed by atoms with van der Waals surface area (Å²) in [4.78, 5) is 15.2. The van der Waals surface area contributed by atoms with Gasteiger partial charge in [-0.15, -0.1) is 0 Å². The molecule has 294 valence electrons. The van der Waals surface area contributed by atoms with Gasteiger partial charge >= 0.3 is 0 Å². The normalized spacial score (nSPS) is 14.5. The minimum Gasteiger partial charge on any atom is -0.299 e. The molecule has 0 saturated carbocycles. The van der Waals surface area contributed by atoms with E-state index in [0.717, 1.165) is 35.4 Å². The van der Waals surface area contributed by atoms with Gasteiger partial charge in [-0.25, -0.2) is 0 Å². The summed E-state index contributed by atoms with van der Waals surface area (Å²) < 4.78 is 0. The van der Waals surface area contributed by atoms with Crippen LogP contribution in [-0.2, 0) is 4.79 Å². The van der Waals surface area contributed by atoms with Crippen LogP contribution in [0, 0.1) is 0 Å². The number of Topliss-reactive ketones (excluding diaryl/α,β-unsaturated/α-hetero) is 1. The fourth-order valence-corrected chi connectivity index (χ4v) is 18.0. The first-order valence-electron chi connectivity index (χ1n) is 21.0. The summed E-state index contributed by atoms with van der Waals surface area (Å²) in [6.45, 7) is 0. The highest BCUT2D eigenvalue weighted by Crippen LogP contribution is 2.64. The molecule has 8 rings (SSSR count). The first kappa shape index (κ1) is 40.8. The summed E-state index contributed by atoms with van der Waals surface area (Å²) >= 11 is 0. The molecule has 0 fully saturated rings. The van der Waals surface area contributed by atoms with E-state index in [4.69, 9.17) is 0 Å². The molecule has 3 heteroatoms. The number of carbonyl (C=O) groups is 1. The van der Waals surface area contributed by atoms with Gasteiger partial charge in [0.15, 0.2) is 0 Å². The van der Waals surface area contributed by atoms with Crippen LogP contribution in [0.3, 0.4) is 0 Å². The Morgan fingerprint density at radius 1 is 0.433 bits per heavy atom. The molecule has 1 aliphatic rings. The van der Waals surface area contributed by atoms with Crippen LogP contribution < -0.4 is 26.5 Å². The van der Waals surface area contributed by atoms with Crippen molar-refractivity contribution >= 4 is 59.0 Å². The molecule has 0 amide bonds. The van der Waals surface area contributed by atoms with Crippen LogP contribution in [0.2, 0.25) is 0 Å². The van der Waals surface area contributed by atoms with Crippen molar-refractivity contribution in [1.82, 2.24) is 0 Å². The molecule has 0 unspecified atom stereocenters. The SMILES string of the molecule is O=C(C/C(=C/c1ccccc1)C[P+](c1ccccc1)(c1ccccc1)[C@@H]1C=CC=CC1)C/C(=C\c1ccccc1)C[P+](c1ccccc1)(c1ccccc1)c1ccccc1. The van der Waals surface area contributed by atoms with Gasteiger partial charge in [-0.1, -0.05) is 182 Å². The lowest BCUT2D eigenvalue weighted by atomic mass is 10.0. The first-order chi connectivity index (χ1) is 29.6. The predicted octanol–water partition coefficient (Wildman–Crippen LogP) is 12.1. The van der Waals surface area contributed by atoms with Gasteiger partial charge in [-0.05, 0) is 89.0 Å². The number of benzene rings is 7. The Kier molecular flexibility index (Phi) is 13.5. The zero-order chi connectivity index (χ0) is 40.9. The highest BCUT2D eigenvalue weighted by atomic mass is 31.2. The van der Waals surface area contributed by atoms with Crippen molar-refractivity contribution in [3.8, 4) is 0 Å². The second kappa shape index (κ2) is 19.9. The molecule has 0 spiro atoms. The lowest BCUT2D eigenvalue weighted by Gasteiger charge is -2.34. The lowest BCUT2D eigenvalue weighted by Crippen LogP contribution is -2.34. The molecule has 7 aromatic rings. The van der Waals surface area contributed by atoms with E-state index in [0.29, 0.717) is 18.5 Å². The maximum atomic E-state index is 15.2. The maximum absolute atomic E-state index is 15.2. The third kappa shape index (κ3) is 9.40. The Bertz CT molecular complexity index is 2410. The topological polar surface area (TPSA) is 17.1 Å². The average molecular weight is 815 g/mol. The van der Waals surface area contributed by atoms with E-state index in [1.165, 1.54) is 32.1 Å². The molecule has 0 saturated heterocycles. The number of rotatable bonds is 16. The Hall–Kier alpha value is -5.97. The van der Waals surface area contributed by atoms with Gasteiger partial charge in [0.05, 0.1) is 19.6 Å². The average Bonchev–Trinajstić information content (AvgIpc) is 3.32. The predicted molar refractivity (Wildman–Crippen MR) is 264 cm³/mol. The van der Waals surface area contributed by atoms with Gasteiger partial charge < -0.3 is 0 Å². The monoisotopic (exact) mass is 814 g/mol. The third-order valence-electron chi connectivity index (χ3n) is 11.6. The number of hydrogen-bond acceptors (Lipinski definition) is 1. The molecule has 60 heavy (non-hydrogen) atoms. The maximum Gasteiger partial charge on any atom is 0.141 e. The molecule has 7 aromatic carbocycles. The number of carbonyl (C=O) groups excluding carboxylic acids is 1. The van der Waals surface area contributed by atoms with Gasteiger partial charge in [0.1, 0.15) is 45.2 Å². The van der Waals surface area contributed by atoms with Crippen molar-refractivity contribution in [2.24, 2.45) is 0 Å². The zero-order valence-corrected chi connectivity index (χ0v) is 35.9. The number of allylic oxidation sites excluding steroid dienone is 6. The van der Waals surface area contributed by atoms with Crippen molar-refractivity contribution in [2.75, 3.05) is 12.3 Å². The standard InChI is InChI=1S/C57H52OP2/c58-51(43-49(41-47-25-9-1-10-26-47)45-59(52-29-13-3-14-30-52,53-31-15-4-16-32-53)54-33-17-5-18-34-54)44-50(42-48-27-11-2-12-28-48)46-60(55-35-19-6-20-36-55,56-37-21-7-22-38-56)57-39-23-8-24-40-57/h1-39,41-42,57H,40,43-46H2/q+2/b49-41+,50-42-/t57-/m1/s1. The lowest BCUT2D eigenvalue weighted by molar-refractivity contribution is -0.117. The molecule has 0 aromatic heterocycles. The van der Waals surface area contributed by atoms with Crippen LogP contribution in [-0.4, -0.2) is 23.8 Å². The zero-order valence-electron chi connectivity index (χ0n) is 34.1. The molecule has 1 atom stereocenters. The van der Waals surface area contributed by atoms with Crippen LogP contribution >= 0.6 is 14.5 Å². The number of ketones is 1. The van der Waals surface area contributed by atoms with Crippen molar-refractivity contribution in [3.63, 3.8) is 0 Å². The molecule has 0 bridgehead atoms. The van der Waals surface area contributed by atoms with E-state index >= 15 is 4.79 Å². The summed E-state index contributed by atoms with van der Waals surface area (Å²) in [5, 5.41) is 6.69. The summed E-state index contributed by atoms with van der Waals surface area (Å²) in [5.41, 5.74) is 4.89.